The first-order valence-electron chi connectivity index (χ1n) is 10.4. The molecular weight excluding hydrogens is 441 g/mol. The molecule has 0 spiro atoms. The molecule has 0 unspecified atom stereocenters. The van der Waals surface area contributed by atoms with Crippen molar-refractivity contribution in [2.75, 3.05) is 5.32 Å². The molecule has 0 atom stereocenters. The number of nitrogens with zero attached hydrogens (tertiary/aromatic N) is 4. The molecule has 7 nitrogen and oxygen atoms in total. The number of nitrogens with one attached hydrogen (secondary N) is 1. The van der Waals surface area contributed by atoms with Crippen LogP contribution in [0, 0.1) is 5.82 Å². The van der Waals surface area contributed by atoms with Gasteiger partial charge in [0.15, 0.2) is 16.5 Å². The number of thiazole rings is 1. The van der Waals surface area contributed by atoms with E-state index < -0.39 is 0 Å². The second-order valence-electron chi connectivity index (χ2n) is 7.85. The summed E-state index contributed by atoms with van der Waals surface area (Å²) in [5.74, 6) is -0.0270. The minimum atomic E-state index is -0.315. The molecule has 1 N–H and O–H groups in total. The van der Waals surface area contributed by atoms with E-state index in [1.807, 2.05) is 19.9 Å². The van der Waals surface area contributed by atoms with E-state index in [1.54, 1.807) is 47.6 Å². The fourth-order valence-electron chi connectivity index (χ4n) is 3.59. The third-order valence-corrected chi connectivity index (χ3v) is 6.03. The van der Waals surface area contributed by atoms with Crippen LogP contribution in [0.3, 0.4) is 0 Å². The fourth-order valence-corrected chi connectivity index (χ4v) is 4.44. The lowest BCUT2D eigenvalue weighted by Gasteiger charge is -2.09. The molecule has 0 fully saturated rings. The number of pyridine rings is 1. The summed E-state index contributed by atoms with van der Waals surface area (Å²) in [4.78, 5) is 23.2. The van der Waals surface area contributed by atoms with Gasteiger partial charge in [0, 0.05) is 23.5 Å². The number of anilines is 1. The van der Waals surface area contributed by atoms with Crippen LogP contribution in [0.15, 0.2) is 65.5 Å². The molecular formula is C24H20FN5O2S. The Kier molecular flexibility index (Phi) is 5.47. The molecule has 166 valence electrons. The van der Waals surface area contributed by atoms with E-state index in [9.17, 15) is 9.18 Å². The highest BCUT2D eigenvalue weighted by Gasteiger charge is 2.20. The van der Waals surface area contributed by atoms with Gasteiger partial charge >= 0.3 is 0 Å². The maximum Gasteiger partial charge on any atom is 0.258 e. The van der Waals surface area contributed by atoms with Crippen molar-refractivity contribution in [1.29, 1.82) is 0 Å². The van der Waals surface area contributed by atoms with Crippen LogP contribution in [0.4, 0.5) is 9.52 Å². The molecule has 5 aromatic rings. The molecule has 0 saturated carbocycles. The summed E-state index contributed by atoms with van der Waals surface area (Å²) in [7, 11) is 0. The van der Waals surface area contributed by atoms with Crippen LogP contribution < -0.4 is 5.32 Å². The lowest BCUT2D eigenvalue weighted by atomic mass is 10.1. The molecule has 0 radical (unpaired) electrons. The van der Waals surface area contributed by atoms with E-state index in [4.69, 9.17) is 9.40 Å². The van der Waals surface area contributed by atoms with Crippen LogP contribution >= 0.6 is 11.3 Å². The number of amides is 1. The Morgan fingerprint density at radius 3 is 2.85 bits per heavy atom. The highest BCUT2D eigenvalue weighted by molar-refractivity contribution is 7.15. The van der Waals surface area contributed by atoms with E-state index in [-0.39, 0.29) is 17.8 Å². The summed E-state index contributed by atoms with van der Waals surface area (Å²) < 4.78 is 20.7. The molecule has 0 saturated heterocycles. The zero-order chi connectivity index (χ0) is 22.9. The number of benzene rings is 1. The summed E-state index contributed by atoms with van der Waals surface area (Å²) in [6, 6.07) is 11.8. The molecule has 0 aliphatic heterocycles. The molecule has 9 heteroatoms. The van der Waals surface area contributed by atoms with Gasteiger partial charge in [-0.25, -0.2) is 19.0 Å². The monoisotopic (exact) mass is 461 g/mol. The summed E-state index contributed by atoms with van der Waals surface area (Å²) in [6.07, 6.45) is 5.45. The van der Waals surface area contributed by atoms with Crippen LogP contribution in [0.25, 0.3) is 22.5 Å². The second-order valence-corrected chi connectivity index (χ2v) is 8.96. The maximum atomic E-state index is 13.5. The topological polar surface area (TPSA) is 85.8 Å². The van der Waals surface area contributed by atoms with Gasteiger partial charge in [0.1, 0.15) is 11.5 Å². The van der Waals surface area contributed by atoms with Gasteiger partial charge in [-0.05, 0) is 49.7 Å². The Morgan fingerprint density at radius 2 is 2.09 bits per heavy atom. The Balaban J connectivity index is 1.45. The average Bonchev–Trinajstić information content (AvgIpc) is 3.54. The van der Waals surface area contributed by atoms with Crippen molar-refractivity contribution in [3.8, 4) is 11.5 Å². The fraction of sp³-hybridized carbons (Fsp3) is 0.167. The SMILES string of the molecule is CC(C)n1ncc2c(C(=O)Nc3ncc(Cc4cccc(F)c4)s3)cc(-c3ccco3)nc21. The first kappa shape index (κ1) is 21.0. The molecule has 5 rings (SSSR count). The van der Waals surface area contributed by atoms with Crippen molar-refractivity contribution in [1.82, 2.24) is 19.7 Å². The van der Waals surface area contributed by atoms with E-state index >= 15 is 0 Å². The van der Waals surface area contributed by atoms with Crippen LogP contribution in [-0.2, 0) is 6.42 Å². The number of aromatic nitrogens is 4. The molecule has 1 amide bonds. The van der Waals surface area contributed by atoms with Crippen LogP contribution in [0.5, 0.6) is 0 Å². The summed E-state index contributed by atoms with van der Waals surface area (Å²) in [5.41, 5.74) is 2.43. The molecule has 4 heterocycles. The van der Waals surface area contributed by atoms with Crippen LogP contribution in [-0.4, -0.2) is 25.7 Å². The minimum Gasteiger partial charge on any atom is -0.463 e. The van der Waals surface area contributed by atoms with Crippen molar-refractivity contribution >= 4 is 33.4 Å². The number of carbonyl (C=O) groups excluding carboxylic acids is 1. The van der Waals surface area contributed by atoms with E-state index in [2.05, 4.69) is 15.4 Å². The van der Waals surface area contributed by atoms with E-state index in [0.29, 0.717) is 39.6 Å². The number of hydrogen-bond donors (Lipinski definition) is 1. The lowest BCUT2D eigenvalue weighted by Crippen LogP contribution is -2.13. The normalized spacial score (nSPS) is 11.4. The van der Waals surface area contributed by atoms with Crippen LogP contribution in [0.1, 0.15) is 40.7 Å². The predicted octanol–water partition coefficient (Wildman–Crippen LogP) is 5.71. The number of hydrogen-bond acceptors (Lipinski definition) is 6. The quantitative estimate of drug-likeness (QED) is 0.350. The van der Waals surface area contributed by atoms with Crippen molar-refractivity contribution in [3.05, 3.63) is 82.9 Å². The molecule has 0 aliphatic rings. The number of halogens is 1. The molecule has 33 heavy (non-hydrogen) atoms. The van der Waals surface area contributed by atoms with Gasteiger partial charge in [0.2, 0.25) is 0 Å². The number of fused-ring (bicyclic) bond motifs is 1. The highest BCUT2D eigenvalue weighted by Crippen LogP contribution is 2.28. The van der Waals surface area contributed by atoms with Gasteiger partial charge in [-0.3, -0.25) is 10.1 Å². The maximum absolute atomic E-state index is 13.5. The summed E-state index contributed by atoms with van der Waals surface area (Å²) in [6.45, 7) is 4.01. The lowest BCUT2D eigenvalue weighted by molar-refractivity contribution is 0.102. The van der Waals surface area contributed by atoms with E-state index in [0.717, 1.165) is 10.4 Å². The molecule has 1 aromatic carbocycles. The zero-order valence-corrected chi connectivity index (χ0v) is 18.8. The van der Waals surface area contributed by atoms with Crippen molar-refractivity contribution < 1.29 is 13.6 Å². The van der Waals surface area contributed by atoms with Gasteiger partial charge in [0.25, 0.3) is 5.91 Å². The standard InChI is InChI=1S/C24H20FN5O2S/c1-14(2)30-22-19(13-27-30)18(11-20(28-22)21-7-4-8-32-21)23(31)29-24-26-12-17(33-24)10-15-5-3-6-16(25)9-15/h3-9,11-14H,10H2,1-2H3,(H,26,29,31). The highest BCUT2D eigenvalue weighted by atomic mass is 32.1. The number of furan rings is 1. The Bertz CT molecular complexity index is 1440. The summed E-state index contributed by atoms with van der Waals surface area (Å²) >= 11 is 1.35. The summed E-state index contributed by atoms with van der Waals surface area (Å²) in [5, 5.41) is 8.41. The van der Waals surface area contributed by atoms with Gasteiger partial charge < -0.3 is 4.42 Å². The molecule has 0 bridgehead atoms. The second kappa shape index (κ2) is 8.59. The molecule has 0 aliphatic carbocycles. The van der Waals surface area contributed by atoms with Crippen molar-refractivity contribution in [2.45, 2.75) is 26.3 Å². The third-order valence-electron chi connectivity index (χ3n) is 5.12. The minimum absolute atomic E-state index is 0.0714. The predicted molar refractivity (Wildman–Crippen MR) is 125 cm³/mol. The van der Waals surface area contributed by atoms with Gasteiger partial charge in [-0.2, -0.15) is 5.10 Å². The van der Waals surface area contributed by atoms with E-state index in [1.165, 1.54) is 23.5 Å². The Morgan fingerprint density at radius 1 is 1.21 bits per heavy atom. The first-order chi connectivity index (χ1) is 16.0. The zero-order valence-electron chi connectivity index (χ0n) is 17.9. The number of carbonyl (C=O) groups is 1. The largest absolute Gasteiger partial charge is 0.463 e. The van der Waals surface area contributed by atoms with Gasteiger partial charge in [-0.15, -0.1) is 11.3 Å². The first-order valence-corrected chi connectivity index (χ1v) is 11.2. The van der Waals surface area contributed by atoms with Gasteiger partial charge in [0.05, 0.1) is 23.4 Å². The third kappa shape index (κ3) is 4.27. The Labute approximate surface area is 192 Å². The molecule has 4 aromatic heterocycles. The number of rotatable bonds is 6. The van der Waals surface area contributed by atoms with Crippen molar-refractivity contribution in [2.24, 2.45) is 0 Å². The van der Waals surface area contributed by atoms with Crippen molar-refractivity contribution in [3.63, 3.8) is 0 Å². The van der Waals surface area contributed by atoms with Gasteiger partial charge in [-0.1, -0.05) is 12.1 Å². The Hall–Kier alpha value is -3.85. The average molecular weight is 462 g/mol. The van der Waals surface area contributed by atoms with Crippen LogP contribution in [0.2, 0.25) is 0 Å². The smallest absolute Gasteiger partial charge is 0.258 e.